The van der Waals surface area contributed by atoms with Crippen LogP contribution < -0.4 is 10.1 Å². The lowest BCUT2D eigenvalue weighted by Gasteiger charge is -2.06. The Morgan fingerprint density at radius 3 is 2.72 bits per heavy atom. The number of carbonyl (C=O) groups excluding carboxylic acids is 1. The molecule has 0 saturated carbocycles. The summed E-state index contributed by atoms with van der Waals surface area (Å²) in [6.07, 6.45) is 6.84. The first kappa shape index (κ1) is 19.0. The lowest BCUT2D eigenvalue weighted by molar-refractivity contribution is 0.0957. The van der Waals surface area contributed by atoms with Gasteiger partial charge in [-0.25, -0.2) is 4.98 Å². The number of amides is 1. The van der Waals surface area contributed by atoms with Gasteiger partial charge < -0.3 is 10.1 Å². The van der Waals surface area contributed by atoms with Gasteiger partial charge in [0.2, 0.25) is 0 Å². The fraction of sp³-hybridized carbons (Fsp3) is 0.400. The Kier molecular flexibility index (Phi) is 7.03. The molecule has 132 valence electrons. The molecule has 1 amide bonds. The molecule has 0 bridgehead atoms. The van der Waals surface area contributed by atoms with E-state index < -0.39 is 0 Å². The molecule has 0 aliphatic carbocycles. The van der Waals surface area contributed by atoms with E-state index in [1.165, 1.54) is 11.3 Å². The molecular weight excluding hydrogens is 332 g/mol. The van der Waals surface area contributed by atoms with E-state index in [1.54, 1.807) is 0 Å². The number of nitrogens with zero attached hydrogens (tertiary/aromatic N) is 1. The number of terminal acetylenes is 1. The zero-order valence-electron chi connectivity index (χ0n) is 15.0. The molecule has 0 aliphatic heterocycles. The Labute approximate surface area is 153 Å². The largest absolute Gasteiger partial charge is 0.481 e. The van der Waals surface area contributed by atoms with Gasteiger partial charge in [0.05, 0.1) is 10.7 Å². The topological polar surface area (TPSA) is 51.2 Å². The second-order valence-electron chi connectivity index (χ2n) is 6.26. The van der Waals surface area contributed by atoms with Crippen molar-refractivity contribution in [2.45, 2.75) is 33.6 Å². The fourth-order valence-electron chi connectivity index (χ4n) is 2.38. The van der Waals surface area contributed by atoms with Gasteiger partial charge in [0.1, 0.15) is 17.2 Å². The van der Waals surface area contributed by atoms with E-state index in [2.05, 4.69) is 30.1 Å². The molecule has 25 heavy (non-hydrogen) atoms. The maximum absolute atomic E-state index is 12.3. The van der Waals surface area contributed by atoms with Crippen molar-refractivity contribution < 1.29 is 9.53 Å². The van der Waals surface area contributed by atoms with Crippen LogP contribution in [0, 0.1) is 25.2 Å². The zero-order valence-corrected chi connectivity index (χ0v) is 15.8. The molecule has 0 fully saturated rings. The van der Waals surface area contributed by atoms with Crippen LogP contribution in [0.3, 0.4) is 0 Å². The molecule has 2 aromatic rings. The SMILES string of the molecule is C#CCOc1ccc(CCNC(=O)c2sc(CC(C)C)nc2C)cc1. The third-order valence-corrected chi connectivity index (χ3v) is 4.75. The van der Waals surface area contributed by atoms with Gasteiger partial charge in [-0.1, -0.05) is 31.9 Å². The summed E-state index contributed by atoms with van der Waals surface area (Å²) in [4.78, 5) is 17.6. The summed E-state index contributed by atoms with van der Waals surface area (Å²) in [5.74, 6) is 3.68. The van der Waals surface area contributed by atoms with Crippen LogP contribution in [0.1, 0.15) is 39.8 Å². The molecule has 2 rings (SSSR count). The van der Waals surface area contributed by atoms with Crippen LogP contribution >= 0.6 is 11.3 Å². The highest BCUT2D eigenvalue weighted by Gasteiger charge is 2.15. The molecule has 0 radical (unpaired) electrons. The average molecular weight is 356 g/mol. The fourth-order valence-corrected chi connectivity index (χ4v) is 3.57. The van der Waals surface area contributed by atoms with Gasteiger partial charge in [-0.05, 0) is 37.0 Å². The molecule has 0 unspecified atom stereocenters. The number of carbonyl (C=O) groups is 1. The van der Waals surface area contributed by atoms with Crippen LogP contribution in [0.4, 0.5) is 0 Å². The van der Waals surface area contributed by atoms with Crippen molar-refractivity contribution in [3.63, 3.8) is 0 Å². The Bertz CT molecular complexity index is 742. The lowest BCUT2D eigenvalue weighted by Crippen LogP contribution is -2.25. The highest BCUT2D eigenvalue weighted by atomic mass is 32.1. The number of benzene rings is 1. The minimum absolute atomic E-state index is 0.0426. The van der Waals surface area contributed by atoms with Crippen molar-refractivity contribution in [3.05, 3.63) is 45.4 Å². The average Bonchev–Trinajstić information content (AvgIpc) is 2.93. The van der Waals surface area contributed by atoms with Crippen molar-refractivity contribution in [2.75, 3.05) is 13.2 Å². The minimum Gasteiger partial charge on any atom is -0.481 e. The van der Waals surface area contributed by atoms with Crippen LogP contribution in [0.5, 0.6) is 5.75 Å². The van der Waals surface area contributed by atoms with Gasteiger partial charge in [0.25, 0.3) is 5.91 Å². The molecule has 0 aliphatic rings. The summed E-state index contributed by atoms with van der Waals surface area (Å²) < 4.78 is 5.34. The molecular formula is C20H24N2O2S. The summed E-state index contributed by atoms with van der Waals surface area (Å²) in [7, 11) is 0. The van der Waals surface area contributed by atoms with E-state index in [9.17, 15) is 4.79 Å². The smallest absolute Gasteiger partial charge is 0.263 e. The van der Waals surface area contributed by atoms with E-state index in [4.69, 9.17) is 11.2 Å². The van der Waals surface area contributed by atoms with Crippen LogP contribution in [0.2, 0.25) is 0 Å². The molecule has 1 heterocycles. The van der Waals surface area contributed by atoms with Gasteiger partial charge in [-0.15, -0.1) is 17.8 Å². The monoisotopic (exact) mass is 356 g/mol. The Morgan fingerprint density at radius 2 is 2.08 bits per heavy atom. The maximum atomic E-state index is 12.3. The number of aromatic nitrogens is 1. The number of aryl methyl sites for hydroxylation is 1. The summed E-state index contributed by atoms with van der Waals surface area (Å²) in [5.41, 5.74) is 1.95. The highest BCUT2D eigenvalue weighted by Crippen LogP contribution is 2.20. The van der Waals surface area contributed by atoms with Gasteiger partial charge in [0.15, 0.2) is 0 Å². The van der Waals surface area contributed by atoms with E-state index in [0.29, 0.717) is 17.3 Å². The number of hydrogen-bond acceptors (Lipinski definition) is 4. The number of nitrogens with one attached hydrogen (secondary N) is 1. The molecule has 1 aromatic heterocycles. The summed E-state index contributed by atoms with van der Waals surface area (Å²) >= 11 is 1.50. The molecule has 1 N–H and O–H groups in total. The number of thiazole rings is 1. The predicted molar refractivity (Wildman–Crippen MR) is 102 cm³/mol. The van der Waals surface area contributed by atoms with Crippen molar-refractivity contribution in [2.24, 2.45) is 5.92 Å². The standard InChI is InChI=1S/C20H24N2O2S/c1-5-12-24-17-8-6-16(7-9-17)10-11-21-20(23)19-15(4)22-18(25-19)13-14(2)3/h1,6-9,14H,10-13H2,2-4H3,(H,21,23). The van der Waals surface area contributed by atoms with E-state index >= 15 is 0 Å². The number of hydrogen-bond donors (Lipinski definition) is 1. The number of ether oxygens (including phenoxy) is 1. The van der Waals surface area contributed by atoms with E-state index in [1.807, 2.05) is 31.2 Å². The maximum Gasteiger partial charge on any atom is 0.263 e. The predicted octanol–water partition coefficient (Wildman–Crippen LogP) is 3.63. The second kappa shape index (κ2) is 9.24. The van der Waals surface area contributed by atoms with Crippen LogP contribution in [0.15, 0.2) is 24.3 Å². The first-order valence-electron chi connectivity index (χ1n) is 8.39. The first-order chi connectivity index (χ1) is 12.0. The van der Waals surface area contributed by atoms with Crippen LogP contribution in [-0.4, -0.2) is 24.0 Å². The molecule has 0 atom stereocenters. The summed E-state index contributed by atoms with van der Waals surface area (Å²) in [6.45, 7) is 7.05. The Morgan fingerprint density at radius 1 is 1.36 bits per heavy atom. The number of rotatable bonds is 8. The molecule has 5 heteroatoms. The van der Waals surface area contributed by atoms with Crippen LogP contribution in [0.25, 0.3) is 0 Å². The summed E-state index contributed by atoms with van der Waals surface area (Å²) in [5, 5.41) is 4.01. The highest BCUT2D eigenvalue weighted by molar-refractivity contribution is 7.13. The van der Waals surface area contributed by atoms with E-state index in [0.717, 1.165) is 34.9 Å². The van der Waals surface area contributed by atoms with Gasteiger partial charge in [0, 0.05) is 13.0 Å². The molecule has 0 spiro atoms. The zero-order chi connectivity index (χ0) is 18.2. The van der Waals surface area contributed by atoms with Gasteiger partial charge in [-0.2, -0.15) is 0 Å². The normalized spacial score (nSPS) is 10.5. The molecule has 1 aromatic carbocycles. The van der Waals surface area contributed by atoms with Crippen molar-refractivity contribution in [3.8, 4) is 18.1 Å². The third kappa shape index (κ3) is 5.91. The summed E-state index contributed by atoms with van der Waals surface area (Å²) in [6, 6.07) is 7.74. The van der Waals surface area contributed by atoms with Crippen molar-refractivity contribution in [1.29, 1.82) is 0 Å². The Hall–Kier alpha value is -2.32. The molecule has 4 nitrogen and oxygen atoms in total. The quantitative estimate of drug-likeness (QED) is 0.735. The van der Waals surface area contributed by atoms with Gasteiger partial charge >= 0.3 is 0 Å². The minimum atomic E-state index is -0.0426. The van der Waals surface area contributed by atoms with Crippen molar-refractivity contribution >= 4 is 17.2 Å². The van der Waals surface area contributed by atoms with Gasteiger partial charge in [-0.3, -0.25) is 4.79 Å². The van der Waals surface area contributed by atoms with Crippen LogP contribution in [-0.2, 0) is 12.8 Å². The third-order valence-electron chi connectivity index (χ3n) is 3.57. The first-order valence-corrected chi connectivity index (χ1v) is 9.21. The Balaban J connectivity index is 1.84. The van der Waals surface area contributed by atoms with E-state index in [-0.39, 0.29) is 12.5 Å². The van der Waals surface area contributed by atoms with Crippen molar-refractivity contribution in [1.82, 2.24) is 10.3 Å². The molecule has 0 saturated heterocycles. The lowest BCUT2D eigenvalue weighted by atomic mass is 10.1. The second-order valence-corrected chi connectivity index (χ2v) is 7.35.